The van der Waals surface area contributed by atoms with E-state index < -0.39 is 0 Å². The first-order valence-electron chi connectivity index (χ1n) is 6.63. The lowest BCUT2D eigenvalue weighted by Gasteiger charge is -2.31. The van der Waals surface area contributed by atoms with E-state index in [9.17, 15) is 4.79 Å². The molecule has 2 heteroatoms. The van der Waals surface area contributed by atoms with Crippen LogP contribution in [0.2, 0.25) is 0 Å². The first kappa shape index (κ1) is 10.8. The maximum absolute atomic E-state index is 12.1. The van der Waals surface area contributed by atoms with Gasteiger partial charge in [0.25, 0.3) is 0 Å². The quantitative estimate of drug-likeness (QED) is 0.763. The Balaban J connectivity index is 1.86. The number of hydrogen-bond acceptors (Lipinski definition) is 1. The van der Waals surface area contributed by atoms with E-state index >= 15 is 0 Å². The summed E-state index contributed by atoms with van der Waals surface area (Å²) in [6.07, 6.45) is 4.52. The van der Waals surface area contributed by atoms with Gasteiger partial charge >= 0.3 is 0 Å². The van der Waals surface area contributed by atoms with Crippen molar-refractivity contribution in [3.63, 3.8) is 0 Å². The molecule has 1 saturated carbocycles. The lowest BCUT2D eigenvalue weighted by atomic mass is 10.0. The van der Waals surface area contributed by atoms with E-state index in [0.29, 0.717) is 17.9 Å². The number of likely N-dealkylation sites (tertiary alicyclic amines) is 1. The van der Waals surface area contributed by atoms with Gasteiger partial charge in [0.05, 0.1) is 6.04 Å². The van der Waals surface area contributed by atoms with Crippen molar-refractivity contribution in [2.24, 2.45) is 5.92 Å². The zero-order chi connectivity index (χ0) is 11.8. The van der Waals surface area contributed by atoms with Gasteiger partial charge in [0.15, 0.2) is 0 Å². The Bertz CT molecular complexity index is 414. The molecule has 1 aromatic rings. The second kappa shape index (κ2) is 4.17. The van der Waals surface area contributed by atoms with Crippen LogP contribution in [0.25, 0.3) is 0 Å². The van der Waals surface area contributed by atoms with E-state index in [1.807, 2.05) is 6.07 Å². The molecule has 1 aromatic carbocycles. The van der Waals surface area contributed by atoms with Crippen LogP contribution in [0.5, 0.6) is 0 Å². The molecule has 0 aromatic heterocycles. The Morgan fingerprint density at radius 2 is 2.00 bits per heavy atom. The Hall–Kier alpha value is -1.31. The van der Waals surface area contributed by atoms with Crippen LogP contribution < -0.4 is 0 Å². The van der Waals surface area contributed by atoms with E-state index in [2.05, 4.69) is 36.1 Å². The Morgan fingerprint density at radius 3 is 2.76 bits per heavy atom. The van der Waals surface area contributed by atoms with E-state index in [4.69, 9.17) is 0 Å². The summed E-state index contributed by atoms with van der Waals surface area (Å²) in [5.74, 6) is 0.990. The highest BCUT2D eigenvalue weighted by Gasteiger charge is 2.44. The number of benzene rings is 1. The number of rotatable bonds is 2. The highest BCUT2D eigenvalue weighted by atomic mass is 16.2. The van der Waals surface area contributed by atoms with E-state index in [1.165, 1.54) is 24.8 Å². The van der Waals surface area contributed by atoms with Gasteiger partial charge in [-0.25, -0.2) is 0 Å². The van der Waals surface area contributed by atoms with Crippen LogP contribution >= 0.6 is 0 Å². The Kier molecular flexibility index (Phi) is 2.65. The summed E-state index contributed by atoms with van der Waals surface area (Å²) in [6, 6.07) is 11.1. The summed E-state index contributed by atoms with van der Waals surface area (Å²) in [5.41, 5.74) is 1.26. The van der Waals surface area contributed by atoms with Crippen LogP contribution in [0.4, 0.5) is 0 Å². The topological polar surface area (TPSA) is 20.3 Å². The van der Waals surface area contributed by atoms with Gasteiger partial charge < -0.3 is 4.90 Å². The Morgan fingerprint density at radius 1 is 1.24 bits per heavy atom. The molecule has 0 radical (unpaired) electrons. The van der Waals surface area contributed by atoms with Crippen molar-refractivity contribution in [2.75, 3.05) is 0 Å². The summed E-state index contributed by atoms with van der Waals surface area (Å²) < 4.78 is 0. The summed E-state index contributed by atoms with van der Waals surface area (Å²) in [5, 5.41) is 0. The van der Waals surface area contributed by atoms with E-state index in [-0.39, 0.29) is 6.04 Å². The largest absolute Gasteiger partial charge is 0.333 e. The molecule has 0 N–H and O–H groups in total. The van der Waals surface area contributed by atoms with Crippen LogP contribution in [0.1, 0.15) is 44.2 Å². The molecule has 90 valence electrons. The van der Waals surface area contributed by atoms with Crippen molar-refractivity contribution in [3.8, 4) is 0 Å². The van der Waals surface area contributed by atoms with Crippen molar-refractivity contribution in [1.82, 2.24) is 4.90 Å². The van der Waals surface area contributed by atoms with E-state index in [1.54, 1.807) is 0 Å². The molecule has 2 aliphatic rings. The molecule has 3 rings (SSSR count). The fourth-order valence-electron chi connectivity index (χ4n) is 3.53. The molecule has 1 aliphatic carbocycles. The highest BCUT2D eigenvalue weighted by molar-refractivity contribution is 5.80. The standard InChI is InChI=1S/C15H19NO/c1-11(12-6-3-2-4-7-12)16-14-9-5-8-13(14)10-15(16)17/h2-4,6-7,11,13-14H,5,8-10H2,1H3/t11-,13+,14+/m1/s1. The molecule has 1 saturated heterocycles. The fraction of sp³-hybridized carbons (Fsp3) is 0.533. The highest BCUT2D eigenvalue weighted by Crippen LogP contribution is 2.42. The van der Waals surface area contributed by atoms with Gasteiger partial charge in [0.2, 0.25) is 5.91 Å². The predicted octanol–water partition coefficient (Wildman–Crippen LogP) is 3.15. The van der Waals surface area contributed by atoms with Crippen molar-refractivity contribution < 1.29 is 4.79 Å². The molecule has 17 heavy (non-hydrogen) atoms. The third-order valence-corrected chi connectivity index (χ3v) is 4.40. The first-order valence-corrected chi connectivity index (χ1v) is 6.63. The molecule has 2 fully saturated rings. The fourth-order valence-corrected chi connectivity index (χ4v) is 3.53. The maximum Gasteiger partial charge on any atom is 0.223 e. The molecule has 0 bridgehead atoms. The van der Waals surface area contributed by atoms with Crippen molar-refractivity contribution >= 4 is 5.91 Å². The van der Waals surface area contributed by atoms with Crippen molar-refractivity contribution in [3.05, 3.63) is 35.9 Å². The lowest BCUT2D eigenvalue weighted by molar-refractivity contribution is -0.131. The molecular weight excluding hydrogens is 210 g/mol. The smallest absolute Gasteiger partial charge is 0.223 e. The molecule has 2 nitrogen and oxygen atoms in total. The first-order chi connectivity index (χ1) is 8.27. The van der Waals surface area contributed by atoms with Crippen LogP contribution in [0.3, 0.4) is 0 Å². The van der Waals surface area contributed by atoms with E-state index in [0.717, 1.165) is 6.42 Å². The Labute approximate surface area is 103 Å². The predicted molar refractivity (Wildman–Crippen MR) is 67.4 cm³/mol. The van der Waals surface area contributed by atoms with Gasteiger partial charge in [0.1, 0.15) is 0 Å². The summed E-state index contributed by atoms with van der Waals surface area (Å²) in [4.78, 5) is 14.3. The molecule has 1 amide bonds. The number of carbonyl (C=O) groups is 1. The number of hydrogen-bond donors (Lipinski definition) is 0. The number of carbonyl (C=O) groups excluding carboxylic acids is 1. The number of amides is 1. The van der Waals surface area contributed by atoms with Gasteiger partial charge in [-0.05, 0) is 31.2 Å². The molecule has 1 heterocycles. The van der Waals surface area contributed by atoms with Crippen molar-refractivity contribution in [2.45, 2.75) is 44.7 Å². The minimum Gasteiger partial charge on any atom is -0.333 e. The molecular formula is C15H19NO. The van der Waals surface area contributed by atoms with Crippen LogP contribution in [-0.4, -0.2) is 16.8 Å². The van der Waals surface area contributed by atoms with Crippen molar-refractivity contribution in [1.29, 1.82) is 0 Å². The van der Waals surface area contributed by atoms with Crippen LogP contribution in [0.15, 0.2) is 30.3 Å². The third kappa shape index (κ3) is 1.76. The van der Waals surface area contributed by atoms with Gasteiger partial charge in [-0.1, -0.05) is 36.8 Å². The van der Waals surface area contributed by atoms with Crippen LogP contribution in [-0.2, 0) is 4.79 Å². The minimum atomic E-state index is 0.233. The monoisotopic (exact) mass is 229 g/mol. The van der Waals surface area contributed by atoms with Gasteiger partial charge in [0, 0.05) is 12.5 Å². The zero-order valence-corrected chi connectivity index (χ0v) is 10.3. The summed E-state index contributed by atoms with van der Waals surface area (Å²) >= 11 is 0. The summed E-state index contributed by atoms with van der Waals surface area (Å²) in [6.45, 7) is 2.16. The van der Waals surface area contributed by atoms with Crippen LogP contribution in [0, 0.1) is 5.92 Å². The molecule has 1 aliphatic heterocycles. The average Bonchev–Trinajstić information content (AvgIpc) is 2.89. The molecule has 0 unspecified atom stereocenters. The third-order valence-electron chi connectivity index (χ3n) is 4.40. The van der Waals surface area contributed by atoms with Gasteiger partial charge in [-0.15, -0.1) is 0 Å². The minimum absolute atomic E-state index is 0.233. The van der Waals surface area contributed by atoms with Gasteiger partial charge in [-0.2, -0.15) is 0 Å². The second-order valence-electron chi connectivity index (χ2n) is 5.35. The summed E-state index contributed by atoms with van der Waals surface area (Å²) in [7, 11) is 0. The molecule has 3 atom stereocenters. The number of fused-ring (bicyclic) bond motifs is 1. The maximum atomic E-state index is 12.1. The molecule has 0 spiro atoms. The second-order valence-corrected chi connectivity index (χ2v) is 5.35. The average molecular weight is 229 g/mol. The van der Waals surface area contributed by atoms with Gasteiger partial charge in [-0.3, -0.25) is 4.79 Å². The zero-order valence-electron chi connectivity index (χ0n) is 10.3. The normalized spacial score (nSPS) is 29.5. The SMILES string of the molecule is C[C@H](c1ccccc1)N1C(=O)C[C@@H]2CCC[C@@H]21. The lowest BCUT2D eigenvalue weighted by Crippen LogP contribution is -2.35. The number of nitrogens with zero attached hydrogens (tertiary/aromatic N) is 1.